The highest BCUT2D eigenvalue weighted by atomic mass is 32.1. The van der Waals surface area contributed by atoms with Gasteiger partial charge in [-0.05, 0) is 56.5 Å². The molecule has 0 amide bonds. The monoisotopic (exact) mass is 287 g/mol. The molecular weight excluding hydrogens is 266 g/mol. The van der Waals surface area contributed by atoms with Gasteiger partial charge in [-0.2, -0.15) is 0 Å². The van der Waals surface area contributed by atoms with Crippen LogP contribution in [-0.4, -0.2) is 23.8 Å². The van der Waals surface area contributed by atoms with Crippen molar-refractivity contribution in [2.45, 2.75) is 33.4 Å². The first-order valence-electron chi connectivity index (χ1n) is 6.83. The van der Waals surface area contributed by atoms with Gasteiger partial charge in [0.2, 0.25) is 0 Å². The topological polar surface area (TPSA) is 20.3 Å². The molecule has 0 saturated heterocycles. The van der Waals surface area contributed by atoms with Gasteiger partial charge in [0, 0.05) is 17.0 Å². The van der Waals surface area contributed by atoms with Crippen LogP contribution >= 0.6 is 11.3 Å². The number of benzene rings is 1. The van der Waals surface area contributed by atoms with Crippen molar-refractivity contribution in [1.29, 1.82) is 0 Å². The summed E-state index contributed by atoms with van der Waals surface area (Å²) in [6.07, 6.45) is 0. The third-order valence-electron chi connectivity index (χ3n) is 3.82. The Morgan fingerprint density at radius 2 is 2.00 bits per heavy atom. The van der Waals surface area contributed by atoms with E-state index < -0.39 is 0 Å². The van der Waals surface area contributed by atoms with Crippen molar-refractivity contribution < 1.29 is 4.79 Å². The van der Waals surface area contributed by atoms with E-state index in [1.807, 2.05) is 45.2 Å². The molecule has 1 aromatic heterocycles. The van der Waals surface area contributed by atoms with Gasteiger partial charge in [-0.25, -0.2) is 0 Å². The van der Waals surface area contributed by atoms with E-state index in [9.17, 15) is 4.79 Å². The SMILES string of the molecule is Cc1ccc(C(=O)C(C)N(C)Cc2cccs2)cc1C. The zero-order valence-corrected chi connectivity index (χ0v) is 13.3. The maximum atomic E-state index is 12.5. The largest absolute Gasteiger partial charge is 0.292 e. The summed E-state index contributed by atoms with van der Waals surface area (Å²) in [7, 11) is 2.00. The van der Waals surface area contributed by atoms with Crippen molar-refractivity contribution in [2.75, 3.05) is 7.05 Å². The summed E-state index contributed by atoms with van der Waals surface area (Å²) < 4.78 is 0. The summed E-state index contributed by atoms with van der Waals surface area (Å²) in [4.78, 5) is 15.9. The highest BCUT2D eigenvalue weighted by Crippen LogP contribution is 2.16. The molecule has 1 unspecified atom stereocenters. The van der Waals surface area contributed by atoms with Crippen molar-refractivity contribution >= 4 is 17.1 Å². The van der Waals surface area contributed by atoms with Crippen LogP contribution in [0.15, 0.2) is 35.7 Å². The van der Waals surface area contributed by atoms with Crippen LogP contribution in [0, 0.1) is 13.8 Å². The van der Waals surface area contributed by atoms with Gasteiger partial charge in [-0.3, -0.25) is 9.69 Å². The zero-order valence-electron chi connectivity index (χ0n) is 12.5. The number of Topliss-reactive ketones (excluding diaryl/α,β-unsaturated/α-hetero) is 1. The van der Waals surface area contributed by atoms with E-state index in [0.717, 1.165) is 12.1 Å². The van der Waals surface area contributed by atoms with Crippen LogP contribution in [-0.2, 0) is 6.54 Å². The van der Waals surface area contributed by atoms with Crippen molar-refractivity contribution in [1.82, 2.24) is 4.90 Å². The van der Waals surface area contributed by atoms with Crippen molar-refractivity contribution in [3.8, 4) is 0 Å². The van der Waals surface area contributed by atoms with E-state index in [4.69, 9.17) is 0 Å². The van der Waals surface area contributed by atoms with Crippen molar-refractivity contribution in [2.24, 2.45) is 0 Å². The summed E-state index contributed by atoms with van der Waals surface area (Å²) in [5.74, 6) is 0.187. The minimum absolute atomic E-state index is 0.112. The quantitative estimate of drug-likeness (QED) is 0.773. The lowest BCUT2D eigenvalue weighted by molar-refractivity contribution is 0.0863. The van der Waals surface area contributed by atoms with Gasteiger partial charge in [-0.15, -0.1) is 11.3 Å². The van der Waals surface area contributed by atoms with Gasteiger partial charge in [-0.1, -0.05) is 18.2 Å². The number of carbonyl (C=O) groups excluding carboxylic acids is 1. The van der Waals surface area contributed by atoms with Gasteiger partial charge in [0.15, 0.2) is 5.78 Å². The van der Waals surface area contributed by atoms with Gasteiger partial charge in [0.05, 0.1) is 6.04 Å². The van der Waals surface area contributed by atoms with Crippen LogP contribution in [0.4, 0.5) is 0 Å². The Morgan fingerprint density at radius 1 is 1.25 bits per heavy atom. The van der Waals surface area contributed by atoms with Crippen LogP contribution < -0.4 is 0 Å². The summed E-state index contributed by atoms with van der Waals surface area (Å²) >= 11 is 1.73. The van der Waals surface area contributed by atoms with Crippen LogP contribution in [0.25, 0.3) is 0 Å². The van der Waals surface area contributed by atoms with Crippen molar-refractivity contribution in [3.05, 3.63) is 57.3 Å². The Kier molecular flexibility index (Phi) is 4.73. The first kappa shape index (κ1) is 14.9. The fraction of sp³-hybridized carbons (Fsp3) is 0.353. The number of carbonyl (C=O) groups is 1. The van der Waals surface area contributed by atoms with E-state index in [2.05, 4.69) is 23.3 Å². The second-order valence-electron chi connectivity index (χ2n) is 5.33. The predicted octanol–water partition coefficient (Wildman–Crippen LogP) is 4.07. The Balaban J connectivity index is 2.09. The normalized spacial score (nSPS) is 12.7. The molecule has 1 aromatic carbocycles. The molecule has 0 spiro atoms. The maximum Gasteiger partial charge on any atom is 0.179 e. The van der Waals surface area contributed by atoms with E-state index in [1.165, 1.54) is 16.0 Å². The van der Waals surface area contributed by atoms with Gasteiger partial charge in [0.1, 0.15) is 0 Å². The van der Waals surface area contributed by atoms with Crippen LogP contribution in [0.5, 0.6) is 0 Å². The number of aryl methyl sites for hydroxylation is 2. The molecule has 0 radical (unpaired) electrons. The number of hydrogen-bond donors (Lipinski definition) is 0. The van der Waals surface area contributed by atoms with Crippen molar-refractivity contribution in [3.63, 3.8) is 0 Å². The average molecular weight is 287 g/mol. The minimum atomic E-state index is -0.112. The van der Waals surface area contributed by atoms with Gasteiger partial charge in [0.25, 0.3) is 0 Å². The number of ketones is 1. The molecule has 3 heteroatoms. The summed E-state index contributed by atoms with van der Waals surface area (Å²) in [6.45, 7) is 6.91. The molecule has 0 saturated carbocycles. The number of nitrogens with zero attached hydrogens (tertiary/aromatic N) is 1. The molecule has 0 aliphatic rings. The zero-order chi connectivity index (χ0) is 14.7. The van der Waals surface area contributed by atoms with E-state index in [1.54, 1.807) is 11.3 Å². The first-order chi connectivity index (χ1) is 9.49. The molecule has 2 aromatic rings. The molecule has 2 rings (SSSR count). The average Bonchev–Trinajstić information content (AvgIpc) is 2.93. The Bertz CT molecular complexity index is 589. The molecule has 1 atom stereocenters. The number of thiophene rings is 1. The highest BCUT2D eigenvalue weighted by molar-refractivity contribution is 7.09. The summed E-state index contributed by atoms with van der Waals surface area (Å²) in [6, 6.07) is 9.99. The Morgan fingerprint density at radius 3 is 2.60 bits per heavy atom. The molecule has 0 N–H and O–H groups in total. The minimum Gasteiger partial charge on any atom is -0.292 e. The smallest absolute Gasteiger partial charge is 0.179 e. The lowest BCUT2D eigenvalue weighted by atomic mass is 10.00. The Hall–Kier alpha value is -1.45. The molecule has 2 nitrogen and oxygen atoms in total. The van der Waals surface area contributed by atoms with E-state index in [-0.39, 0.29) is 11.8 Å². The second-order valence-corrected chi connectivity index (χ2v) is 6.37. The number of hydrogen-bond acceptors (Lipinski definition) is 3. The molecule has 106 valence electrons. The lowest BCUT2D eigenvalue weighted by Crippen LogP contribution is -2.35. The predicted molar refractivity (Wildman–Crippen MR) is 85.5 cm³/mol. The van der Waals surface area contributed by atoms with E-state index in [0.29, 0.717) is 0 Å². The fourth-order valence-corrected chi connectivity index (χ4v) is 2.89. The molecule has 1 heterocycles. The standard InChI is InChI=1S/C17H21NOS/c1-12-7-8-15(10-13(12)2)17(19)14(3)18(4)11-16-6-5-9-20-16/h5-10,14H,11H2,1-4H3. The van der Waals surface area contributed by atoms with Gasteiger partial charge < -0.3 is 0 Å². The molecular formula is C17H21NOS. The van der Waals surface area contributed by atoms with E-state index >= 15 is 0 Å². The molecule has 0 aliphatic heterocycles. The highest BCUT2D eigenvalue weighted by Gasteiger charge is 2.20. The Labute approximate surface area is 125 Å². The third kappa shape index (κ3) is 3.35. The summed E-state index contributed by atoms with van der Waals surface area (Å²) in [5, 5.41) is 2.07. The second kappa shape index (κ2) is 6.33. The molecule has 20 heavy (non-hydrogen) atoms. The molecule has 0 bridgehead atoms. The molecule has 0 fully saturated rings. The van der Waals surface area contributed by atoms with Crippen LogP contribution in [0.3, 0.4) is 0 Å². The van der Waals surface area contributed by atoms with Crippen LogP contribution in [0.2, 0.25) is 0 Å². The molecule has 0 aliphatic carbocycles. The van der Waals surface area contributed by atoms with Crippen LogP contribution in [0.1, 0.15) is 33.3 Å². The van der Waals surface area contributed by atoms with Gasteiger partial charge >= 0.3 is 0 Å². The number of rotatable bonds is 5. The lowest BCUT2D eigenvalue weighted by Gasteiger charge is -2.23. The number of likely N-dealkylation sites (N-methyl/N-ethyl adjacent to an activating group) is 1. The first-order valence-corrected chi connectivity index (χ1v) is 7.71. The third-order valence-corrected chi connectivity index (χ3v) is 4.68. The fourth-order valence-electron chi connectivity index (χ4n) is 2.12. The maximum absolute atomic E-state index is 12.5. The summed E-state index contributed by atoms with van der Waals surface area (Å²) in [5.41, 5.74) is 3.20.